The molecular formula is C23H17FN2O4. The van der Waals surface area contributed by atoms with E-state index in [1.54, 1.807) is 48.5 Å². The van der Waals surface area contributed by atoms with E-state index in [9.17, 15) is 14.0 Å². The number of aromatic nitrogens is 1. The quantitative estimate of drug-likeness (QED) is 0.481. The summed E-state index contributed by atoms with van der Waals surface area (Å²) in [6, 6.07) is 21.1. The molecule has 0 aliphatic heterocycles. The highest BCUT2D eigenvalue weighted by Gasteiger charge is 2.26. The molecular weight excluding hydrogens is 387 g/mol. The number of hydrogen-bond donors (Lipinski definition) is 1. The molecule has 30 heavy (non-hydrogen) atoms. The molecule has 4 rings (SSSR count). The molecule has 0 radical (unpaired) electrons. The second-order valence-corrected chi connectivity index (χ2v) is 6.58. The van der Waals surface area contributed by atoms with Crippen molar-refractivity contribution >= 4 is 28.5 Å². The molecule has 1 heterocycles. The predicted molar refractivity (Wildman–Crippen MR) is 108 cm³/mol. The monoisotopic (exact) mass is 404 g/mol. The molecule has 1 amide bonds. The Morgan fingerprint density at radius 1 is 0.967 bits per heavy atom. The minimum absolute atomic E-state index is 0.149. The molecule has 1 N–H and O–H groups in total. The van der Waals surface area contributed by atoms with Crippen LogP contribution in [0.2, 0.25) is 0 Å². The smallest absolute Gasteiger partial charge is 0.313 e. The number of nitrogens with one attached hydrogen (secondary N) is 1. The summed E-state index contributed by atoms with van der Waals surface area (Å²) in [7, 11) is 0. The maximum absolute atomic E-state index is 13.1. The number of esters is 1. The lowest BCUT2D eigenvalue weighted by Gasteiger charge is -2.18. The van der Waals surface area contributed by atoms with Crippen molar-refractivity contribution in [2.45, 2.75) is 12.5 Å². The third kappa shape index (κ3) is 4.35. The first kappa shape index (κ1) is 19.3. The van der Waals surface area contributed by atoms with E-state index in [2.05, 4.69) is 10.5 Å². The van der Waals surface area contributed by atoms with Gasteiger partial charge in [-0.3, -0.25) is 9.59 Å². The zero-order valence-electron chi connectivity index (χ0n) is 15.7. The zero-order valence-corrected chi connectivity index (χ0v) is 15.7. The van der Waals surface area contributed by atoms with E-state index < -0.39 is 23.8 Å². The summed E-state index contributed by atoms with van der Waals surface area (Å²) in [6.45, 7) is 0. The Balaban J connectivity index is 1.53. The molecule has 1 aromatic heterocycles. The van der Waals surface area contributed by atoms with E-state index in [1.807, 2.05) is 6.07 Å². The number of amides is 1. The van der Waals surface area contributed by atoms with Crippen LogP contribution in [0.15, 0.2) is 83.4 Å². The average molecular weight is 404 g/mol. The second-order valence-electron chi connectivity index (χ2n) is 6.58. The number of benzene rings is 3. The van der Waals surface area contributed by atoms with Crippen LogP contribution in [0.3, 0.4) is 0 Å². The lowest BCUT2D eigenvalue weighted by atomic mass is 10.1. The first-order valence-electron chi connectivity index (χ1n) is 9.24. The van der Waals surface area contributed by atoms with Crippen molar-refractivity contribution < 1.29 is 23.2 Å². The molecule has 0 spiro atoms. The number of anilines is 1. The van der Waals surface area contributed by atoms with Gasteiger partial charge in [0.05, 0.1) is 6.42 Å². The molecule has 0 bridgehead atoms. The van der Waals surface area contributed by atoms with Crippen LogP contribution < -0.4 is 5.32 Å². The number of rotatable bonds is 6. The highest BCUT2D eigenvalue weighted by molar-refractivity contribution is 5.96. The number of carbonyl (C=O) groups is 2. The van der Waals surface area contributed by atoms with Gasteiger partial charge in [0.2, 0.25) is 6.10 Å². The Bertz CT molecular complexity index is 1170. The van der Waals surface area contributed by atoms with Gasteiger partial charge in [0.1, 0.15) is 11.5 Å². The molecule has 3 aromatic carbocycles. The van der Waals surface area contributed by atoms with Crippen LogP contribution >= 0.6 is 0 Å². The summed E-state index contributed by atoms with van der Waals surface area (Å²) in [4.78, 5) is 25.4. The van der Waals surface area contributed by atoms with Crippen LogP contribution in [0.4, 0.5) is 10.1 Å². The Hall–Kier alpha value is -4.00. The van der Waals surface area contributed by atoms with Crippen molar-refractivity contribution in [1.82, 2.24) is 5.16 Å². The Morgan fingerprint density at radius 2 is 1.67 bits per heavy atom. The maximum atomic E-state index is 13.1. The number of fused-ring (bicyclic) bond motifs is 1. The summed E-state index contributed by atoms with van der Waals surface area (Å²) in [5.41, 5.74) is 1.90. The fourth-order valence-electron chi connectivity index (χ4n) is 3.02. The van der Waals surface area contributed by atoms with Crippen LogP contribution in [0.25, 0.3) is 11.0 Å². The molecule has 1 atom stereocenters. The average Bonchev–Trinajstić information content (AvgIpc) is 3.17. The van der Waals surface area contributed by atoms with Crippen LogP contribution in [0, 0.1) is 5.82 Å². The van der Waals surface area contributed by atoms with Crippen molar-refractivity contribution in [1.29, 1.82) is 0 Å². The summed E-state index contributed by atoms with van der Waals surface area (Å²) in [6.07, 6.45) is -1.33. The lowest BCUT2D eigenvalue weighted by molar-refractivity contribution is -0.154. The standard InChI is InChI=1S/C23H17FN2O4/c24-16-10-12-17(13-11-16)25-23(28)22(15-6-2-1-3-7-15)29-21(27)14-19-18-8-4-5-9-20(18)30-26-19/h1-13,22H,14H2,(H,25,28)/t22-/m0/s1. The fourth-order valence-corrected chi connectivity index (χ4v) is 3.02. The predicted octanol–water partition coefficient (Wildman–Crippen LogP) is 4.43. The number of hydrogen-bond acceptors (Lipinski definition) is 5. The van der Waals surface area contributed by atoms with Gasteiger partial charge in [-0.1, -0.05) is 47.6 Å². The number of carbonyl (C=O) groups excluding carboxylic acids is 2. The van der Waals surface area contributed by atoms with Gasteiger partial charge in [0.25, 0.3) is 5.91 Å². The highest BCUT2D eigenvalue weighted by Crippen LogP contribution is 2.23. The molecule has 0 saturated heterocycles. The minimum Gasteiger partial charge on any atom is -0.447 e. The Morgan fingerprint density at radius 3 is 2.43 bits per heavy atom. The van der Waals surface area contributed by atoms with Crippen LogP contribution in [-0.2, 0) is 20.7 Å². The molecule has 150 valence electrons. The van der Waals surface area contributed by atoms with Gasteiger partial charge in [0.15, 0.2) is 5.58 Å². The first-order valence-corrected chi connectivity index (χ1v) is 9.24. The third-order valence-corrected chi connectivity index (χ3v) is 4.47. The summed E-state index contributed by atoms with van der Waals surface area (Å²) < 4.78 is 23.8. The number of nitrogens with zero attached hydrogens (tertiary/aromatic N) is 1. The van der Waals surface area contributed by atoms with E-state index in [4.69, 9.17) is 9.26 Å². The van der Waals surface area contributed by atoms with Crippen molar-refractivity contribution in [3.05, 3.63) is 95.9 Å². The molecule has 0 unspecified atom stereocenters. The van der Waals surface area contributed by atoms with Crippen LogP contribution in [-0.4, -0.2) is 17.0 Å². The first-order chi connectivity index (χ1) is 14.6. The molecule has 6 nitrogen and oxygen atoms in total. The number of para-hydroxylation sites is 1. The zero-order chi connectivity index (χ0) is 20.9. The van der Waals surface area contributed by atoms with E-state index >= 15 is 0 Å². The number of ether oxygens (including phenoxy) is 1. The topological polar surface area (TPSA) is 81.4 Å². The molecule has 7 heteroatoms. The Labute approximate surface area is 171 Å². The van der Waals surface area contributed by atoms with Gasteiger partial charge < -0.3 is 14.6 Å². The van der Waals surface area contributed by atoms with Gasteiger partial charge in [-0.05, 0) is 36.4 Å². The van der Waals surface area contributed by atoms with E-state index in [-0.39, 0.29) is 6.42 Å². The van der Waals surface area contributed by atoms with Crippen molar-refractivity contribution in [2.75, 3.05) is 5.32 Å². The SMILES string of the molecule is O=C(Cc1noc2ccccc12)O[C@H](C(=O)Nc1ccc(F)cc1)c1ccccc1. The van der Waals surface area contributed by atoms with Crippen molar-refractivity contribution in [3.63, 3.8) is 0 Å². The third-order valence-electron chi connectivity index (χ3n) is 4.47. The molecule has 4 aromatic rings. The minimum atomic E-state index is -1.18. The lowest BCUT2D eigenvalue weighted by Crippen LogP contribution is -2.26. The largest absolute Gasteiger partial charge is 0.447 e. The summed E-state index contributed by atoms with van der Waals surface area (Å²) >= 11 is 0. The van der Waals surface area contributed by atoms with Gasteiger partial charge in [-0.15, -0.1) is 0 Å². The van der Waals surface area contributed by atoms with Gasteiger partial charge in [-0.2, -0.15) is 0 Å². The van der Waals surface area contributed by atoms with Crippen molar-refractivity contribution in [2.24, 2.45) is 0 Å². The van der Waals surface area contributed by atoms with Gasteiger partial charge >= 0.3 is 5.97 Å². The fraction of sp³-hybridized carbons (Fsp3) is 0.0870. The maximum Gasteiger partial charge on any atom is 0.313 e. The highest BCUT2D eigenvalue weighted by atomic mass is 19.1. The second kappa shape index (κ2) is 8.57. The normalized spacial score (nSPS) is 11.8. The molecule has 0 fully saturated rings. The summed E-state index contributed by atoms with van der Waals surface area (Å²) in [5.74, 6) is -1.60. The van der Waals surface area contributed by atoms with E-state index in [0.29, 0.717) is 27.9 Å². The van der Waals surface area contributed by atoms with Crippen molar-refractivity contribution in [3.8, 4) is 0 Å². The van der Waals surface area contributed by atoms with Gasteiger partial charge in [-0.25, -0.2) is 4.39 Å². The summed E-state index contributed by atoms with van der Waals surface area (Å²) in [5, 5.41) is 7.28. The Kier molecular flexibility index (Phi) is 5.52. The van der Waals surface area contributed by atoms with Crippen LogP contribution in [0.5, 0.6) is 0 Å². The van der Waals surface area contributed by atoms with Crippen LogP contribution in [0.1, 0.15) is 17.4 Å². The molecule has 0 aliphatic rings. The molecule has 0 aliphatic carbocycles. The van der Waals surface area contributed by atoms with Gasteiger partial charge in [0, 0.05) is 16.6 Å². The van der Waals surface area contributed by atoms with E-state index in [1.165, 1.54) is 24.3 Å². The molecule has 0 saturated carbocycles. The number of halogens is 1. The van der Waals surface area contributed by atoms with E-state index in [0.717, 1.165) is 0 Å².